The van der Waals surface area contributed by atoms with E-state index in [1.165, 1.54) is 0 Å². The van der Waals surface area contributed by atoms with Crippen molar-refractivity contribution >= 4 is 17.2 Å². The average molecular weight is 292 g/mol. The van der Waals surface area contributed by atoms with E-state index in [1.807, 2.05) is 17.5 Å². The molecule has 106 valence electrons. The fourth-order valence-electron chi connectivity index (χ4n) is 2.40. The molecule has 2 N–H and O–H groups in total. The molecule has 0 aromatic carbocycles. The van der Waals surface area contributed by atoms with Crippen molar-refractivity contribution in [2.45, 2.75) is 37.8 Å². The molecule has 1 amide bonds. The molecule has 2 aromatic heterocycles. The Labute approximate surface area is 120 Å². The lowest BCUT2D eigenvalue weighted by molar-refractivity contribution is 0.0859. The number of rotatable bonds is 3. The first-order chi connectivity index (χ1) is 9.72. The van der Waals surface area contributed by atoms with Gasteiger partial charge in [0.05, 0.1) is 11.0 Å². The highest BCUT2D eigenvalue weighted by Crippen LogP contribution is 2.25. The van der Waals surface area contributed by atoms with Crippen LogP contribution in [0.25, 0.3) is 10.6 Å². The molecule has 0 spiro atoms. The van der Waals surface area contributed by atoms with Crippen LogP contribution in [-0.2, 0) is 0 Å². The van der Waals surface area contributed by atoms with Crippen LogP contribution in [-0.4, -0.2) is 28.3 Å². The Hall–Kier alpha value is -1.66. The lowest BCUT2D eigenvalue weighted by Crippen LogP contribution is -2.38. The van der Waals surface area contributed by atoms with E-state index in [4.69, 9.17) is 4.52 Å². The Kier molecular flexibility index (Phi) is 3.84. The Morgan fingerprint density at radius 1 is 1.40 bits per heavy atom. The topological polar surface area (TPSA) is 75.4 Å². The summed E-state index contributed by atoms with van der Waals surface area (Å²) in [5, 5.41) is 18.2. The molecule has 0 unspecified atom stereocenters. The number of hydrogen-bond acceptors (Lipinski definition) is 5. The summed E-state index contributed by atoms with van der Waals surface area (Å²) < 4.78 is 5.20. The number of hydrogen-bond donors (Lipinski definition) is 2. The maximum absolute atomic E-state index is 12.1. The van der Waals surface area contributed by atoms with Crippen molar-refractivity contribution in [3.8, 4) is 10.6 Å². The molecular weight excluding hydrogens is 276 g/mol. The second-order valence-corrected chi connectivity index (χ2v) is 5.98. The molecule has 1 fully saturated rings. The molecule has 20 heavy (non-hydrogen) atoms. The van der Waals surface area contributed by atoms with Crippen LogP contribution >= 0.6 is 11.3 Å². The number of aromatic nitrogens is 1. The van der Waals surface area contributed by atoms with Crippen LogP contribution < -0.4 is 5.32 Å². The fraction of sp³-hybridized carbons (Fsp3) is 0.429. The van der Waals surface area contributed by atoms with Crippen molar-refractivity contribution in [1.29, 1.82) is 0 Å². The molecule has 0 aliphatic heterocycles. The fourth-order valence-corrected chi connectivity index (χ4v) is 3.07. The lowest BCUT2D eigenvalue weighted by Gasteiger charge is -2.25. The van der Waals surface area contributed by atoms with E-state index in [1.54, 1.807) is 17.4 Å². The van der Waals surface area contributed by atoms with E-state index in [9.17, 15) is 9.90 Å². The molecule has 1 saturated carbocycles. The number of aliphatic hydroxyl groups excluding tert-OH is 1. The van der Waals surface area contributed by atoms with Gasteiger partial charge >= 0.3 is 0 Å². The van der Waals surface area contributed by atoms with Gasteiger partial charge in [0.2, 0.25) is 0 Å². The smallest absolute Gasteiger partial charge is 0.273 e. The van der Waals surface area contributed by atoms with Crippen molar-refractivity contribution in [3.63, 3.8) is 0 Å². The quantitative estimate of drug-likeness (QED) is 0.911. The number of thiophene rings is 1. The van der Waals surface area contributed by atoms with Gasteiger partial charge in [0.25, 0.3) is 5.91 Å². The summed E-state index contributed by atoms with van der Waals surface area (Å²) in [6.07, 6.45) is 2.88. The van der Waals surface area contributed by atoms with Gasteiger partial charge in [0.1, 0.15) is 0 Å². The minimum Gasteiger partial charge on any atom is -0.393 e. The molecule has 6 heteroatoms. The van der Waals surface area contributed by atoms with Crippen LogP contribution in [0.3, 0.4) is 0 Å². The first-order valence-electron chi connectivity index (χ1n) is 6.72. The van der Waals surface area contributed by atoms with Crippen LogP contribution in [0.5, 0.6) is 0 Å². The number of nitrogens with one attached hydrogen (secondary N) is 1. The summed E-state index contributed by atoms with van der Waals surface area (Å²) in [5.41, 5.74) is 0.305. The van der Waals surface area contributed by atoms with Crippen molar-refractivity contribution in [1.82, 2.24) is 10.5 Å². The molecule has 3 rings (SSSR count). The number of amides is 1. The summed E-state index contributed by atoms with van der Waals surface area (Å²) in [4.78, 5) is 13.0. The Morgan fingerprint density at radius 3 is 2.90 bits per heavy atom. The van der Waals surface area contributed by atoms with Gasteiger partial charge in [0, 0.05) is 12.1 Å². The van der Waals surface area contributed by atoms with Crippen molar-refractivity contribution in [2.24, 2.45) is 0 Å². The van der Waals surface area contributed by atoms with Crippen molar-refractivity contribution < 1.29 is 14.4 Å². The third kappa shape index (κ3) is 2.91. The summed E-state index contributed by atoms with van der Waals surface area (Å²) in [6.45, 7) is 0. The number of carbonyl (C=O) groups is 1. The van der Waals surface area contributed by atoms with Gasteiger partial charge in [-0.15, -0.1) is 11.3 Å². The molecule has 5 nitrogen and oxygen atoms in total. The minimum absolute atomic E-state index is 0.118. The monoisotopic (exact) mass is 292 g/mol. The molecule has 2 heterocycles. The van der Waals surface area contributed by atoms with E-state index < -0.39 is 0 Å². The minimum atomic E-state index is -0.222. The van der Waals surface area contributed by atoms with Crippen LogP contribution in [0, 0.1) is 0 Å². The van der Waals surface area contributed by atoms with Gasteiger partial charge in [-0.25, -0.2) is 0 Å². The number of aliphatic hydroxyl groups is 1. The molecule has 0 radical (unpaired) electrons. The highest BCUT2D eigenvalue weighted by Gasteiger charge is 2.22. The van der Waals surface area contributed by atoms with E-state index >= 15 is 0 Å². The Bertz CT molecular complexity index is 571. The van der Waals surface area contributed by atoms with Crippen LogP contribution in [0.4, 0.5) is 0 Å². The molecule has 2 aromatic rings. The molecule has 1 aliphatic carbocycles. The first kappa shape index (κ1) is 13.3. The zero-order valence-corrected chi connectivity index (χ0v) is 11.7. The van der Waals surface area contributed by atoms with Gasteiger partial charge in [0.15, 0.2) is 11.5 Å². The zero-order valence-electron chi connectivity index (χ0n) is 10.9. The standard InChI is InChI=1S/C14H16N2O3S/c17-10-5-3-9(4-6-10)15-14(18)11-8-12(19-16-11)13-2-1-7-20-13/h1-2,7-10,17H,3-6H2,(H,15,18). The SMILES string of the molecule is O=C(NC1CCC(O)CC1)c1cc(-c2cccs2)on1. The Balaban J connectivity index is 1.63. The van der Waals surface area contributed by atoms with Crippen molar-refractivity contribution in [2.75, 3.05) is 0 Å². The van der Waals surface area contributed by atoms with Crippen molar-refractivity contribution in [3.05, 3.63) is 29.3 Å². The molecular formula is C14H16N2O3S. The summed E-state index contributed by atoms with van der Waals surface area (Å²) in [6, 6.07) is 5.64. The van der Waals surface area contributed by atoms with Crippen LogP contribution in [0.2, 0.25) is 0 Å². The van der Waals surface area contributed by atoms with E-state index in [-0.39, 0.29) is 18.1 Å². The van der Waals surface area contributed by atoms with E-state index in [0.717, 1.165) is 30.6 Å². The average Bonchev–Trinajstić information content (AvgIpc) is 3.11. The predicted molar refractivity (Wildman–Crippen MR) is 75.5 cm³/mol. The second-order valence-electron chi connectivity index (χ2n) is 5.03. The normalized spacial score (nSPS) is 22.6. The highest BCUT2D eigenvalue weighted by molar-refractivity contribution is 7.13. The first-order valence-corrected chi connectivity index (χ1v) is 7.60. The maximum Gasteiger partial charge on any atom is 0.273 e. The maximum atomic E-state index is 12.1. The highest BCUT2D eigenvalue weighted by atomic mass is 32.1. The summed E-state index contributed by atoms with van der Waals surface area (Å²) in [7, 11) is 0. The number of carbonyl (C=O) groups excluding carboxylic acids is 1. The molecule has 0 atom stereocenters. The molecule has 1 aliphatic rings. The third-order valence-corrected chi connectivity index (χ3v) is 4.42. The largest absolute Gasteiger partial charge is 0.393 e. The van der Waals surface area contributed by atoms with Crippen LogP contribution in [0.1, 0.15) is 36.2 Å². The van der Waals surface area contributed by atoms with Gasteiger partial charge < -0.3 is 14.9 Å². The molecule has 0 bridgehead atoms. The number of nitrogens with zero attached hydrogens (tertiary/aromatic N) is 1. The summed E-state index contributed by atoms with van der Waals surface area (Å²) >= 11 is 1.54. The van der Waals surface area contributed by atoms with Gasteiger partial charge in [-0.1, -0.05) is 11.2 Å². The van der Waals surface area contributed by atoms with E-state index in [2.05, 4.69) is 10.5 Å². The third-order valence-electron chi connectivity index (χ3n) is 3.54. The van der Waals surface area contributed by atoms with E-state index in [0.29, 0.717) is 11.5 Å². The predicted octanol–water partition coefficient (Wildman–Crippen LogP) is 2.44. The van der Waals surface area contributed by atoms with Gasteiger partial charge in [-0.3, -0.25) is 4.79 Å². The summed E-state index contributed by atoms with van der Waals surface area (Å²) in [5.74, 6) is 0.405. The molecule has 0 saturated heterocycles. The zero-order chi connectivity index (χ0) is 13.9. The Morgan fingerprint density at radius 2 is 2.20 bits per heavy atom. The van der Waals surface area contributed by atoms with Gasteiger partial charge in [-0.05, 0) is 37.1 Å². The lowest BCUT2D eigenvalue weighted by atomic mass is 9.93. The van der Waals surface area contributed by atoms with Crippen LogP contribution in [0.15, 0.2) is 28.1 Å². The second kappa shape index (κ2) is 5.76. The van der Waals surface area contributed by atoms with Gasteiger partial charge in [-0.2, -0.15) is 0 Å².